The summed E-state index contributed by atoms with van der Waals surface area (Å²) in [4.78, 5) is 0. The van der Waals surface area contributed by atoms with Gasteiger partial charge < -0.3 is 0 Å². The molecule has 0 radical (unpaired) electrons. The Labute approximate surface area is 233 Å². The number of benzene rings is 6. The zero-order chi connectivity index (χ0) is 27.3. The van der Waals surface area contributed by atoms with Crippen LogP contribution >= 0.6 is 0 Å². The largest absolute Gasteiger partial charge is 0.0877 e. The summed E-state index contributed by atoms with van der Waals surface area (Å²) in [5.74, 6) is 0. The molecule has 0 spiro atoms. The lowest BCUT2D eigenvalue weighted by molar-refractivity contribution is 1.50. The first-order valence-corrected chi connectivity index (χ1v) is 13.8. The molecular weight excluding hydrogens is 468 g/mol. The molecule has 192 valence electrons. The Morgan fingerprint density at radius 2 is 0.821 bits per heavy atom. The van der Waals surface area contributed by atoms with Crippen molar-refractivity contribution in [2.45, 2.75) is 20.8 Å². The van der Waals surface area contributed by atoms with E-state index < -0.39 is 0 Å². The molecule has 0 N–H and O–H groups in total. The van der Waals surface area contributed by atoms with E-state index in [2.05, 4.69) is 127 Å². The van der Waals surface area contributed by atoms with Gasteiger partial charge in [-0.05, 0) is 56.3 Å². The molecule has 0 heteroatoms. The first-order chi connectivity index (χ1) is 19.4. The topological polar surface area (TPSA) is 0 Å². The highest BCUT2D eigenvalue weighted by Crippen LogP contribution is 2.44. The fraction of sp³-hybridized carbons (Fsp3) is 0.0769. The zero-order valence-electron chi connectivity index (χ0n) is 23.1. The molecule has 0 aliphatic carbocycles. The Bertz CT molecular complexity index is 1570. The summed E-state index contributed by atoms with van der Waals surface area (Å²) < 4.78 is 0. The van der Waals surface area contributed by atoms with Crippen LogP contribution in [0.3, 0.4) is 0 Å². The Hall–Kier alpha value is -4.68. The third-order valence-corrected chi connectivity index (χ3v) is 6.47. The molecular formula is C39H36. The summed E-state index contributed by atoms with van der Waals surface area (Å²) >= 11 is 0. The lowest BCUT2D eigenvalue weighted by Gasteiger charge is -2.18. The third-order valence-electron chi connectivity index (χ3n) is 6.47. The van der Waals surface area contributed by atoms with Crippen LogP contribution in [0.5, 0.6) is 0 Å². The van der Waals surface area contributed by atoms with Crippen LogP contribution in [0.2, 0.25) is 0 Å². The van der Waals surface area contributed by atoms with E-state index >= 15 is 0 Å². The van der Waals surface area contributed by atoms with Crippen molar-refractivity contribution < 1.29 is 0 Å². The van der Waals surface area contributed by atoms with Crippen LogP contribution < -0.4 is 0 Å². The SMILES string of the molecule is C/C=C\C=C/c1ccccc1-c1c2ccccc2c(-c2ccccc2)c2ccccc12.CC.c1ccccc1. The van der Waals surface area contributed by atoms with E-state index in [9.17, 15) is 0 Å². The number of allylic oxidation sites excluding steroid dienone is 3. The van der Waals surface area contributed by atoms with E-state index in [1.807, 2.05) is 57.2 Å². The van der Waals surface area contributed by atoms with Gasteiger partial charge in [0.25, 0.3) is 0 Å². The van der Waals surface area contributed by atoms with Gasteiger partial charge in [-0.15, -0.1) is 0 Å². The van der Waals surface area contributed by atoms with Gasteiger partial charge in [0.1, 0.15) is 0 Å². The lowest BCUT2D eigenvalue weighted by atomic mass is 9.85. The number of fused-ring (bicyclic) bond motifs is 2. The second kappa shape index (κ2) is 14.3. The molecule has 0 amide bonds. The summed E-state index contributed by atoms with van der Waals surface area (Å²) in [5.41, 5.74) is 6.34. The predicted molar refractivity (Wildman–Crippen MR) is 174 cm³/mol. The molecule has 0 saturated heterocycles. The van der Waals surface area contributed by atoms with Gasteiger partial charge in [-0.2, -0.15) is 0 Å². The van der Waals surface area contributed by atoms with Crippen molar-refractivity contribution in [1.82, 2.24) is 0 Å². The fourth-order valence-corrected chi connectivity index (χ4v) is 4.86. The smallest absolute Gasteiger partial charge is 0.00204 e. The summed E-state index contributed by atoms with van der Waals surface area (Å²) in [6.45, 7) is 6.04. The summed E-state index contributed by atoms with van der Waals surface area (Å²) in [5, 5.41) is 5.14. The van der Waals surface area contributed by atoms with Crippen LogP contribution in [-0.2, 0) is 0 Å². The monoisotopic (exact) mass is 504 g/mol. The van der Waals surface area contributed by atoms with Crippen LogP contribution in [-0.4, -0.2) is 0 Å². The molecule has 0 nitrogen and oxygen atoms in total. The Kier molecular flexibility index (Phi) is 10.0. The lowest BCUT2D eigenvalue weighted by Crippen LogP contribution is -1.92. The van der Waals surface area contributed by atoms with Gasteiger partial charge >= 0.3 is 0 Å². The summed E-state index contributed by atoms with van der Waals surface area (Å²) in [7, 11) is 0. The minimum absolute atomic E-state index is 1.23. The maximum atomic E-state index is 2.26. The van der Waals surface area contributed by atoms with Gasteiger partial charge in [-0.3, -0.25) is 0 Å². The molecule has 0 fully saturated rings. The van der Waals surface area contributed by atoms with Crippen LogP contribution in [0.4, 0.5) is 0 Å². The van der Waals surface area contributed by atoms with Gasteiger partial charge in [-0.1, -0.05) is 178 Å². The van der Waals surface area contributed by atoms with E-state index in [1.54, 1.807) is 0 Å². The number of rotatable bonds is 4. The van der Waals surface area contributed by atoms with E-state index in [1.165, 1.54) is 49.4 Å². The Morgan fingerprint density at radius 3 is 1.33 bits per heavy atom. The van der Waals surface area contributed by atoms with E-state index in [0.717, 1.165) is 0 Å². The van der Waals surface area contributed by atoms with Crippen molar-refractivity contribution in [2.75, 3.05) is 0 Å². The second-order valence-corrected chi connectivity index (χ2v) is 8.83. The zero-order valence-corrected chi connectivity index (χ0v) is 23.1. The fourth-order valence-electron chi connectivity index (χ4n) is 4.86. The Balaban J connectivity index is 0.000000385. The van der Waals surface area contributed by atoms with Gasteiger partial charge in [0.05, 0.1) is 0 Å². The maximum absolute atomic E-state index is 2.26. The molecule has 6 aromatic carbocycles. The summed E-state index contributed by atoms with van der Waals surface area (Å²) in [6.07, 6.45) is 8.44. The Morgan fingerprint density at radius 1 is 0.410 bits per heavy atom. The van der Waals surface area contributed by atoms with Crippen LogP contribution in [0.15, 0.2) is 158 Å². The van der Waals surface area contributed by atoms with Crippen molar-refractivity contribution >= 4 is 27.6 Å². The van der Waals surface area contributed by atoms with Gasteiger partial charge in [-0.25, -0.2) is 0 Å². The van der Waals surface area contributed by atoms with Crippen LogP contribution in [0.1, 0.15) is 26.3 Å². The molecule has 39 heavy (non-hydrogen) atoms. The minimum atomic E-state index is 1.23. The molecule has 0 bridgehead atoms. The van der Waals surface area contributed by atoms with Gasteiger partial charge in [0, 0.05) is 0 Å². The minimum Gasteiger partial charge on any atom is -0.0877 e. The van der Waals surface area contributed by atoms with Crippen molar-refractivity contribution in [3.05, 3.63) is 163 Å². The molecule has 0 aromatic heterocycles. The highest BCUT2D eigenvalue weighted by molar-refractivity contribution is 6.21. The van der Waals surface area contributed by atoms with E-state index in [-0.39, 0.29) is 0 Å². The molecule has 0 atom stereocenters. The molecule has 0 aliphatic rings. The predicted octanol–water partition coefficient (Wildman–Crippen LogP) is 11.6. The number of hydrogen-bond acceptors (Lipinski definition) is 0. The summed E-state index contributed by atoms with van der Waals surface area (Å²) in [6, 6.07) is 49.0. The normalized spacial score (nSPS) is 10.7. The second-order valence-electron chi connectivity index (χ2n) is 8.83. The van der Waals surface area contributed by atoms with Crippen molar-refractivity contribution in [3.8, 4) is 22.3 Å². The molecule has 0 saturated carbocycles. The van der Waals surface area contributed by atoms with E-state index in [0.29, 0.717) is 0 Å². The van der Waals surface area contributed by atoms with Crippen LogP contribution in [0.25, 0.3) is 49.9 Å². The van der Waals surface area contributed by atoms with E-state index in [4.69, 9.17) is 0 Å². The van der Waals surface area contributed by atoms with Crippen molar-refractivity contribution in [1.29, 1.82) is 0 Å². The third kappa shape index (κ3) is 6.43. The van der Waals surface area contributed by atoms with Crippen LogP contribution in [0, 0.1) is 0 Å². The maximum Gasteiger partial charge on any atom is -0.00204 e. The number of hydrogen-bond donors (Lipinski definition) is 0. The molecule has 0 unspecified atom stereocenters. The standard InChI is InChI=1S/C31H24.C6H6.C2H6/c1-2-3-5-14-23-15-8-9-18-25(23)31-28-21-12-10-19-26(28)30(24-16-6-4-7-17-24)27-20-11-13-22-29(27)31;1-2-4-6-5-3-1;1-2/h2-22H,1H3;1-6H;1-2H3/b3-2-,14-5-;;. The average Bonchev–Trinajstić information content (AvgIpc) is 3.03. The molecule has 6 aromatic rings. The van der Waals surface area contributed by atoms with Crippen molar-refractivity contribution in [2.24, 2.45) is 0 Å². The molecule has 6 rings (SSSR count). The highest BCUT2D eigenvalue weighted by Gasteiger charge is 2.17. The molecule has 0 heterocycles. The van der Waals surface area contributed by atoms with Crippen molar-refractivity contribution in [3.63, 3.8) is 0 Å². The van der Waals surface area contributed by atoms with Gasteiger partial charge in [0.15, 0.2) is 0 Å². The quantitative estimate of drug-likeness (QED) is 0.165. The first kappa shape index (κ1) is 27.4. The average molecular weight is 505 g/mol. The molecule has 0 aliphatic heterocycles. The highest BCUT2D eigenvalue weighted by atomic mass is 14.2. The van der Waals surface area contributed by atoms with Gasteiger partial charge in [0.2, 0.25) is 0 Å². The first-order valence-electron chi connectivity index (χ1n) is 13.8.